The fraction of sp³-hybridized carbons (Fsp3) is 0.192. The third-order valence-corrected chi connectivity index (χ3v) is 5.89. The van der Waals surface area contributed by atoms with Gasteiger partial charge < -0.3 is 15.2 Å². The normalized spacial score (nSPS) is 14.6. The molecule has 0 aliphatic carbocycles. The van der Waals surface area contributed by atoms with Crippen LogP contribution in [0.3, 0.4) is 0 Å². The Balaban J connectivity index is 1.43. The number of aliphatic imine (C=N–C) groups is 1. The number of nitrogen functional groups attached to an aromatic ring is 1. The largest absolute Gasteiger partial charge is 0.462 e. The molecule has 2 aromatic carbocycles. The molecule has 0 atom stereocenters. The standard InChI is InChI=1S/C26H24N8O2/c1-16-10-18(5-7-22(16)36-19-8-9-33-23(12-19)29-15-31-33)34(25-32-26(2,3)13-35-25)24-20-11-17(27)4-6-21(20)28-14-30-24/h4-12,14-15H,13,27H2,1-3H3. The lowest BCUT2D eigenvalue weighted by Gasteiger charge is -2.24. The van der Waals surface area contributed by atoms with Gasteiger partial charge in [-0.1, -0.05) is 0 Å². The number of aryl methyl sites for hydroxylation is 1. The summed E-state index contributed by atoms with van der Waals surface area (Å²) in [5.74, 6) is 2.02. The first kappa shape index (κ1) is 21.8. The fourth-order valence-corrected chi connectivity index (χ4v) is 4.12. The molecule has 2 N–H and O–H groups in total. The van der Waals surface area contributed by atoms with Gasteiger partial charge in [0.25, 0.3) is 6.02 Å². The van der Waals surface area contributed by atoms with Crippen LogP contribution >= 0.6 is 0 Å². The lowest BCUT2D eigenvalue weighted by atomic mass is 10.1. The molecule has 0 bridgehead atoms. The summed E-state index contributed by atoms with van der Waals surface area (Å²) >= 11 is 0. The minimum atomic E-state index is -0.353. The molecule has 4 heterocycles. The maximum Gasteiger partial charge on any atom is 0.298 e. The second-order valence-corrected chi connectivity index (χ2v) is 9.28. The number of pyridine rings is 1. The van der Waals surface area contributed by atoms with Gasteiger partial charge in [0.2, 0.25) is 0 Å². The number of nitrogens with two attached hydrogens (primary N) is 1. The van der Waals surface area contributed by atoms with E-state index in [1.54, 1.807) is 4.52 Å². The zero-order chi connectivity index (χ0) is 24.9. The van der Waals surface area contributed by atoms with E-state index in [1.807, 2.05) is 80.4 Å². The van der Waals surface area contributed by atoms with Crippen molar-refractivity contribution in [1.82, 2.24) is 24.6 Å². The van der Waals surface area contributed by atoms with Crippen LogP contribution in [0.1, 0.15) is 19.4 Å². The van der Waals surface area contributed by atoms with E-state index in [0.717, 1.165) is 22.2 Å². The second kappa shape index (κ2) is 8.19. The number of ether oxygens (including phenoxy) is 2. The number of rotatable bonds is 4. The van der Waals surface area contributed by atoms with Crippen LogP contribution in [0, 0.1) is 6.92 Å². The number of hydrogen-bond donors (Lipinski definition) is 1. The van der Waals surface area contributed by atoms with E-state index in [4.69, 9.17) is 20.2 Å². The van der Waals surface area contributed by atoms with E-state index in [-0.39, 0.29) is 5.54 Å². The molecule has 0 amide bonds. The average molecular weight is 481 g/mol. The zero-order valence-corrected chi connectivity index (χ0v) is 20.1. The molecule has 1 aliphatic heterocycles. The number of nitrogens with zero attached hydrogens (tertiary/aromatic N) is 7. The van der Waals surface area contributed by atoms with Crippen molar-refractivity contribution in [3.8, 4) is 11.5 Å². The monoisotopic (exact) mass is 480 g/mol. The molecule has 0 unspecified atom stereocenters. The molecule has 1 aliphatic rings. The summed E-state index contributed by atoms with van der Waals surface area (Å²) in [7, 11) is 0. The van der Waals surface area contributed by atoms with Crippen molar-refractivity contribution in [2.24, 2.45) is 4.99 Å². The van der Waals surface area contributed by atoms with Crippen molar-refractivity contribution >= 4 is 39.8 Å². The topological polar surface area (TPSA) is 116 Å². The third-order valence-electron chi connectivity index (χ3n) is 5.89. The molecular formula is C26H24N8O2. The SMILES string of the molecule is Cc1cc(N(C2=NC(C)(C)CO2)c2ncnc3ccc(N)cc23)ccc1Oc1ccn2ncnc2c1. The zero-order valence-electron chi connectivity index (χ0n) is 20.1. The van der Waals surface area contributed by atoms with Gasteiger partial charge in [-0.15, -0.1) is 0 Å². The van der Waals surface area contributed by atoms with Crippen molar-refractivity contribution in [2.75, 3.05) is 17.2 Å². The Kier molecular flexibility index (Phi) is 4.96. The smallest absolute Gasteiger partial charge is 0.298 e. The van der Waals surface area contributed by atoms with E-state index in [1.165, 1.54) is 12.7 Å². The van der Waals surface area contributed by atoms with Crippen molar-refractivity contribution in [3.63, 3.8) is 0 Å². The van der Waals surface area contributed by atoms with Crippen LogP contribution in [0.2, 0.25) is 0 Å². The highest BCUT2D eigenvalue weighted by Crippen LogP contribution is 2.36. The van der Waals surface area contributed by atoms with Crippen LogP contribution in [0.4, 0.5) is 17.2 Å². The van der Waals surface area contributed by atoms with Crippen LogP contribution in [-0.2, 0) is 4.74 Å². The highest BCUT2D eigenvalue weighted by Gasteiger charge is 2.32. The fourth-order valence-electron chi connectivity index (χ4n) is 4.12. The maximum atomic E-state index is 6.17. The van der Waals surface area contributed by atoms with Crippen LogP contribution in [0.5, 0.6) is 11.5 Å². The lowest BCUT2D eigenvalue weighted by Crippen LogP contribution is -2.27. The summed E-state index contributed by atoms with van der Waals surface area (Å²) in [5, 5.41) is 4.92. The molecule has 0 saturated heterocycles. The number of amidine groups is 1. The molecule has 5 aromatic rings. The Labute approximate surface area is 207 Å². The molecule has 10 nitrogen and oxygen atoms in total. The van der Waals surface area contributed by atoms with Gasteiger partial charge in [0, 0.05) is 23.3 Å². The van der Waals surface area contributed by atoms with E-state index < -0.39 is 0 Å². The Morgan fingerprint density at radius 3 is 2.72 bits per heavy atom. The van der Waals surface area contributed by atoms with Crippen LogP contribution < -0.4 is 15.4 Å². The van der Waals surface area contributed by atoms with Crippen molar-refractivity contribution in [1.29, 1.82) is 0 Å². The summed E-state index contributed by atoms with van der Waals surface area (Å²) in [5.41, 5.74) is 9.62. The van der Waals surface area contributed by atoms with Gasteiger partial charge in [-0.25, -0.2) is 29.4 Å². The van der Waals surface area contributed by atoms with Gasteiger partial charge in [0.15, 0.2) is 11.5 Å². The molecule has 180 valence electrons. The summed E-state index contributed by atoms with van der Waals surface area (Å²) in [6.07, 6.45) is 4.85. The van der Waals surface area contributed by atoms with Crippen molar-refractivity contribution in [2.45, 2.75) is 26.3 Å². The molecule has 0 radical (unpaired) electrons. The predicted octanol–water partition coefficient (Wildman–Crippen LogP) is 4.66. The maximum absolute atomic E-state index is 6.17. The Hall–Kier alpha value is -4.73. The molecule has 0 spiro atoms. The number of anilines is 3. The van der Waals surface area contributed by atoms with E-state index in [2.05, 4.69) is 20.1 Å². The Bertz CT molecular complexity index is 1640. The molecule has 6 rings (SSSR count). The number of hydrogen-bond acceptors (Lipinski definition) is 9. The number of benzene rings is 2. The second-order valence-electron chi connectivity index (χ2n) is 9.28. The highest BCUT2D eigenvalue weighted by atomic mass is 16.5. The van der Waals surface area contributed by atoms with Crippen LogP contribution in [0.15, 0.2) is 72.4 Å². The summed E-state index contributed by atoms with van der Waals surface area (Å²) in [6.45, 7) is 6.52. The van der Waals surface area contributed by atoms with Crippen LogP contribution in [0.25, 0.3) is 16.6 Å². The minimum Gasteiger partial charge on any atom is -0.462 e. The van der Waals surface area contributed by atoms with Crippen molar-refractivity contribution in [3.05, 3.63) is 72.9 Å². The minimum absolute atomic E-state index is 0.353. The van der Waals surface area contributed by atoms with Crippen molar-refractivity contribution < 1.29 is 9.47 Å². The Morgan fingerprint density at radius 2 is 1.92 bits per heavy atom. The molecule has 0 fully saturated rings. The van der Waals surface area contributed by atoms with Gasteiger partial charge in [-0.3, -0.25) is 0 Å². The first-order valence-corrected chi connectivity index (χ1v) is 11.5. The highest BCUT2D eigenvalue weighted by molar-refractivity contribution is 6.06. The molecule has 3 aromatic heterocycles. The molecular weight excluding hydrogens is 456 g/mol. The van der Waals surface area contributed by atoms with Gasteiger partial charge in [0.1, 0.15) is 30.8 Å². The van der Waals surface area contributed by atoms with E-state index >= 15 is 0 Å². The lowest BCUT2D eigenvalue weighted by molar-refractivity contribution is 0.276. The van der Waals surface area contributed by atoms with E-state index in [9.17, 15) is 0 Å². The average Bonchev–Trinajstić information content (AvgIpc) is 3.46. The van der Waals surface area contributed by atoms with Gasteiger partial charge in [-0.05, 0) is 68.8 Å². The van der Waals surface area contributed by atoms with Gasteiger partial charge in [-0.2, -0.15) is 5.10 Å². The van der Waals surface area contributed by atoms with Crippen LogP contribution in [-0.4, -0.2) is 42.7 Å². The Morgan fingerprint density at radius 1 is 1.03 bits per heavy atom. The predicted molar refractivity (Wildman–Crippen MR) is 138 cm³/mol. The molecule has 36 heavy (non-hydrogen) atoms. The number of fused-ring (bicyclic) bond motifs is 2. The summed E-state index contributed by atoms with van der Waals surface area (Å²) in [6, 6.07) is 15.6. The van der Waals surface area contributed by atoms with E-state index in [0.29, 0.717) is 41.3 Å². The van der Waals surface area contributed by atoms with Gasteiger partial charge in [0.05, 0.1) is 16.7 Å². The van der Waals surface area contributed by atoms with Gasteiger partial charge >= 0.3 is 0 Å². The summed E-state index contributed by atoms with van der Waals surface area (Å²) < 4.78 is 13.9. The molecule has 10 heteroatoms. The number of aromatic nitrogens is 5. The first-order chi connectivity index (χ1) is 17.4. The molecule has 0 saturated carbocycles. The summed E-state index contributed by atoms with van der Waals surface area (Å²) in [4.78, 5) is 20.0. The first-order valence-electron chi connectivity index (χ1n) is 11.5. The third kappa shape index (κ3) is 3.92. The quantitative estimate of drug-likeness (QED) is 0.369.